The summed E-state index contributed by atoms with van der Waals surface area (Å²) in [5.41, 5.74) is 2.44. The highest BCUT2D eigenvalue weighted by molar-refractivity contribution is 5.75. The highest BCUT2D eigenvalue weighted by atomic mass is 15.1. The summed E-state index contributed by atoms with van der Waals surface area (Å²) in [6.07, 6.45) is 7.51. The molecule has 3 rings (SSSR count). The van der Waals surface area contributed by atoms with E-state index in [1.54, 1.807) is 0 Å². The highest BCUT2D eigenvalue weighted by Gasteiger charge is 2.15. The van der Waals surface area contributed by atoms with E-state index in [4.69, 9.17) is 4.98 Å². The van der Waals surface area contributed by atoms with Crippen LogP contribution in [0.15, 0.2) is 24.3 Å². The number of benzene rings is 1. The number of fused-ring (bicyclic) bond motifs is 1. The first kappa shape index (κ1) is 13.6. The molecule has 2 heterocycles. The molecule has 20 heavy (non-hydrogen) atoms. The van der Waals surface area contributed by atoms with E-state index in [0.717, 1.165) is 24.9 Å². The van der Waals surface area contributed by atoms with Crippen LogP contribution in [-0.4, -0.2) is 22.1 Å². The Hall–Kier alpha value is -1.35. The Bertz CT molecular complexity index is 552. The summed E-state index contributed by atoms with van der Waals surface area (Å²) in [5.74, 6) is 1.26. The van der Waals surface area contributed by atoms with Crippen molar-refractivity contribution in [3.05, 3.63) is 30.1 Å². The van der Waals surface area contributed by atoms with Crippen molar-refractivity contribution < 1.29 is 0 Å². The minimum Gasteiger partial charge on any atom is -0.328 e. The molecule has 0 radical (unpaired) electrons. The number of nitrogens with zero attached hydrogens (tertiary/aromatic N) is 2. The molecule has 1 unspecified atom stereocenters. The predicted octanol–water partition coefficient (Wildman–Crippen LogP) is 3.52. The average Bonchev–Trinajstić information content (AvgIpc) is 2.85. The van der Waals surface area contributed by atoms with E-state index in [0.29, 0.717) is 6.04 Å². The van der Waals surface area contributed by atoms with E-state index in [2.05, 4.69) is 41.1 Å². The van der Waals surface area contributed by atoms with Gasteiger partial charge in [-0.2, -0.15) is 0 Å². The molecule has 108 valence electrons. The van der Waals surface area contributed by atoms with Crippen molar-refractivity contribution in [1.29, 1.82) is 0 Å². The Morgan fingerprint density at radius 1 is 1.30 bits per heavy atom. The quantitative estimate of drug-likeness (QED) is 0.901. The molecule has 2 aromatic rings. The number of nitrogens with one attached hydrogen (secondary N) is 1. The molecular weight excluding hydrogens is 246 g/mol. The summed E-state index contributed by atoms with van der Waals surface area (Å²) in [6.45, 7) is 4.51. The molecule has 1 aromatic heterocycles. The second-order valence-corrected chi connectivity index (χ2v) is 5.85. The summed E-state index contributed by atoms with van der Waals surface area (Å²) in [4.78, 5) is 4.85. The molecule has 1 atom stereocenters. The van der Waals surface area contributed by atoms with E-state index in [1.165, 1.54) is 43.6 Å². The van der Waals surface area contributed by atoms with E-state index in [1.807, 2.05) is 0 Å². The van der Waals surface area contributed by atoms with Gasteiger partial charge >= 0.3 is 0 Å². The SMILES string of the molecule is CCCn1c(CCC2CCCCN2)nc2ccccc21. The molecule has 3 nitrogen and oxygen atoms in total. The number of hydrogen-bond acceptors (Lipinski definition) is 2. The molecule has 1 fully saturated rings. The lowest BCUT2D eigenvalue weighted by atomic mass is 10.0. The van der Waals surface area contributed by atoms with Gasteiger partial charge in [-0.05, 0) is 44.4 Å². The zero-order valence-electron chi connectivity index (χ0n) is 12.4. The molecule has 1 aliphatic rings. The summed E-state index contributed by atoms with van der Waals surface area (Å²) < 4.78 is 2.41. The maximum absolute atomic E-state index is 4.85. The van der Waals surface area contributed by atoms with E-state index in [9.17, 15) is 0 Å². The highest BCUT2D eigenvalue weighted by Crippen LogP contribution is 2.19. The van der Waals surface area contributed by atoms with Gasteiger partial charge in [0.05, 0.1) is 11.0 Å². The maximum atomic E-state index is 4.85. The molecule has 0 bridgehead atoms. The Kier molecular flexibility index (Phi) is 4.36. The number of imidazole rings is 1. The molecule has 0 saturated carbocycles. The molecule has 1 aliphatic heterocycles. The Morgan fingerprint density at radius 2 is 2.20 bits per heavy atom. The lowest BCUT2D eigenvalue weighted by molar-refractivity contribution is 0.379. The Labute approximate surface area is 121 Å². The molecule has 1 saturated heterocycles. The molecule has 0 spiro atoms. The van der Waals surface area contributed by atoms with Gasteiger partial charge in [0.1, 0.15) is 5.82 Å². The van der Waals surface area contributed by atoms with Gasteiger partial charge in [-0.1, -0.05) is 25.5 Å². The first-order valence-electron chi connectivity index (χ1n) is 8.06. The van der Waals surface area contributed by atoms with Crippen LogP contribution in [0.4, 0.5) is 0 Å². The smallest absolute Gasteiger partial charge is 0.109 e. The van der Waals surface area contributed by atoms with Gasteiger partial charge in [0.25, 0.3) is 0 Å². The van der Waals surface area contributed by atoms with Crippen LogP contribution in [0.25, 0.3) is 11.0 Å². The van der Waals surface area contributed by atoms with Crippen LogP contribution < -0.4 is 5.32 Å². The molecule has 0 amide bonds. The van der Waals surface area contributed by atoms with Crippen LogP contribution in [-0.2, 0) is 13.0 Å². The Morgan fingerprint density at radius 3 is 3.00 bits per heavy atom. The summed E-state index contributed by atoms with van der Waals surface area (Å²) in [5, 5.41) is 3.64. The second kappa shape index (κ2) is 6.40. The maximum Gasteiger partial charge on any atom is 0.109 e. The van der Waals surface area contributed by atoms with Crippen molar-refractivity contribution in [3.63, 3.8) is 0 Å². The van der Waals surface area contributed by atoms with Crippen molar-refractivity contribution in [1.82, 2.24) is 14.9 Å². The van der Waals surface area contributed by atoms with E-state index >= 15 is 0 Å². The van der Waals surface area contributed by atoms with Gasteiger partial charge in [-0.25, -0.2) is 4.98 Å². The monoisotopic (exact) mass is 271 g/mol. The fourth-order valence-corrected chi connectivity index (χ4v) is 3.26. The van der Waals surface area contributed by atoms with Gasteiger partial charge in [-0.3, -0.25) is 0 Å². The normalized spacial score (nSPS) is 19.6. The van der Waals surface area contributed by atoms with E-state index < -0.39 is 0 Å². The van der Waals surface area contributed by atoms with Gasteiger partial charge in [0, 0.05) is 19.0 Å². The molecular formula is C17H25N3. The van der Waals surface area contributed by atoms with Crippen LogP contribution in [0.2, 0.25) is 0 Å². The van der Waals surface area contributed by atoms with Crippen LogP contribution >= 0.6 is 0 Å². The summed E-state index contributed by atoms with van der Waals surface area (Å²) >= 11 is 0. The third-order valence-corrected chi connectivity index (χ3v) is 4.31. The van der Waals surface area contributed by atoms with Gasteiger partial charge in [-0.15, -0.1) is 0 Å². The molecule has 3 heteroatoms. The van der Waals surface area contributed by atoms with Gasteiger partial charge in [0.15, 0.2) is 0 Å². The average molecular weight is 271 g/mol. The van der Waals surface area contributed by atoms with Crippen molar-refractivity contribution in [2.24, 2.45) is 0 Å². The lowest BCUT2D eigenvalue weighted by Crippen LogP contribution is -2.34. The number of aromatic nitrogens is 2. The van der Waals surface area contributed by atoms with Crippen LogP contribution in [0.1, 0.15) is 44.9 Å². The lowest BCUT2D eigenvalue weighted by Gasteiger charge is -2.23. The van der Waals surface area contributed by atoms with Crippen LogP contribution in [0.5, 0.6) is 0 Å². The minimum absolute atomic E-state index is 0.693. The predicted molar refractivity (Wildman–Crippen MR) is 84.0 cm³/mol. The first-order valence-corrected chi connectivity index (χ1v) is 8.06. The zero-order chi connectivity index (χ0) is 13.8. The second-order valence-electron chi connectivity index (χ2n) is 5.85. The van der Waals surface area contributed by atoms with Crippen LogP contribution in [0.3, 0.4) is 0 Å². The van der Waals surface area contributed by atoms with Crippen molar-refractivity contribution in [2.45, 2.75) is 58.0 Å². The largest absolute Gasteiger partial charge is 0.328 e. The van der Waals surface area contributed by atoms with Gasteiger partial charge in [0.2, 0.25) is 0 Å². The first-order chi connectivity index (χ1) is 9.88. The number of para-hydroxylation sites is 2. The van der Waals surface area contributed by atoms with E-state index in [-0.39, 0.29) is 0 Å². The number of rotatable bonds is 5. The summed E-state index contributed by atoms with van der Waals surface area (Å²) in [6, 6.07) is 9.21. The van der Waals surface area contributed by atoms with Crippen molar-refractivity contribution in [2.75, 3.05) is 6.54 Å². The summed E-state index contributed by atoms with van der Waals surface area (Å²) in [7, 11) is 0. The topological polar surface area (TPSA) is 29.9 Å². The van der Waals surface area contributed by atoms with Gasteiger partial charge < -0.3 is 9.88 Å². The number of piperidine rings is 1. The fraction of sp³-hybridized carbons (Fsp3) is 0.588. The fourth-order valence-electron chi connectivity index (χ4n) is 3.26. The molecule has 1 aromatic carbocycles. The molecule has 0 aliphatic carbocycles. The van der Waals surface area contributed by atoms with Crippen molar-refractivity contribution in [3.8, 4) is 0 Å². The standard InChI is InChI=1S/C17H25N3/c1-2-13-20-16-9-4-3-8-15(16)19-17(20)11-10-14-7-5-6-12-18-14/h3-4,8-9,14,18H,2,5-7,10-13H2,1H3. The third-order valence-electron chi connectivity index (χ3n) is 4.31. The number of aryl methyl sites for hydroxylation is 2. The Balaban J connectivity index is 1.77. The minimum atomic E-state index is 0.693. The number of hydrogen-bond donors (Lipinski definition) is 1. The van der Waals surface area contributed by atoms with Crippen molar-refractivity contribution >= 4 is 11.0 Å². The third kappa shape index (κ3) is 2.88. The van der Waals surface area contributed by atoms with Crippen LogP contribution in [0, 0.1) is 0 Å². The zero-order valence-corrected chi connectivity index (χ0v) is 12.4. The molecule has 1 N–H and O–H groups in total.